The van der Waals surface area contributed by atoms with Crippen molar-refractivity contribution in [2.45, 2.75) is 50.5 Å². The number of sulfonamides is 1. The smallest absolute Gasteiger partial charge is 0.243 e. The third kappa shape index (κ3) is 2.57. The maximum atomic E-state index is 13.1. The molecule has 1 atom stereocenters. The van der Waals surface area contributed by atoms with Gasteiger partial charge < -0.3 is 5.32 Å². The van der Waals surface area contributed by atoms with Gasteiger partial charge in [0, 0.05) is 24.8 Å². The van der Waals surface area contributed by atoms with Crippen LogP contribution in [-0.4, -0.2) is 31.9 Å². The lowest BCUT2D eigenvalue weighted by molar-refractivity contribution is 0.315. The topological polar surface area (TPSA) is 49.4 Å². The number of benzene rings is 1. The van der Waals surface area contributed by atoms with Gasteiger partial charge in [-0.1, -0.05) is 19.9 Å². The molecule has 0 aliphatic carbocycles. The Hall–Kier alpha value is -1.07. The molecule has 0 spiro atoms. The molecule has 2 heterocycles. The van der Waals surface area contributed by atoms with Gasteiger partial charge in [0.25, 0.3) is 0 Å². The third-order valence-electron chi connectivity index (χ3n) is 4.66. The first kappa shape index (κ1) is 14.9. The van der Waals surface area contributed by atoms with E-state index in [4.69, 9.17) is 0 Å². The molecule has 2 aliphatic heterocycles. The number of hydrogen-bond acceptors (Lipinski definition) is 3. The second kappa shape index (κ2) is 5.61. The molecule has 0 radical (unpaired) electrons. The molecular formula is C16H24N2O2S. The Morgan fingerprint density at radius 2 is 2.10 bits per heavy atom. The predicted octanol–water partition coefficient (Wildman–Crippen LogP) is 2.85. The van der Waals surface area contributed by atoms with Crippen molar-refractivity contribution < 1.29 is 8.42 Å². The molecule has 1 aromatic rings. The van der Waals surface area contributed by atoms with E-state index in [-0.39, 0.29) is 6.04 Å². The maximum absolute atomic E-state index is 13.1. The van der Waals surface area contributed by atoms with Crippen LogP contribution in [0.5, 0.6) is 0 Å². The number of fused-ring (bicyclic) bond motifs is 1. The van der Waals surface area contributed by atoms with Crippen molar-refractivity contribution in [2.75, 3.05) is 18.4 Å². The van der Waals surface area contributed by atoms with E-state index in [1.54, 1.807) is 10.4 Å². The number of nitrogens with zero attached hydrogens (tertiary/aromatic N) is 1. The zero-order valence-electron chi connectivity index (χ0n) is 12.8. The monoisotopic (exact) mass is 308 g/mol. The van der Waals surface area contributed by atoms with Crippen molar-refractivity contribution >= 4 is 15.7 Å². The SMILES string of the molecule is CC(C)C1CCCN1S(=O)(=O)c1cccc2c1CCCN2. The lowest BCUT2D eigenvalue weighted by Gasteiger charge is -2.29. The van der Waals surface area contributed by atoms with Crippen LogP contribution in [0.25, 0.3) is 0 Å². The molecular weight excluding hydrogens is 284 g/mol. The summed E-state index contributed by atoms with van der Waals surface area (Å²) in [6.07, 6.45) is 3.78. The van der Waals surface area contributed by atoms with E-state index in [0.29, 0.717) is 17.4 Å². The fraction of sp³-hybridized carbons (Fsp3) is 0.625. The summed E-state index contributed by atoms with van der Waals surface area (Å²) < 4.78 is 28.0. The average molecular weight is 308 g/mol. The highest BCUT2D eigenvalue weighted by Gasteiger charge is 2.38. The molecule has 3 rings (SSSR count). The number of hydrogen-bond donors (Lipinski definition) is 1. The molecule has 1 unspecified atom stereocenters. The zero-order valence-corrected chi connectivity index (χ0v) is 13.6. The van der Waals surface area contributed by atoms with Gasteiger partial charge in [0.2, 0.25) is 10.0 Å². The second-order valence-corrected chi connectivity index (χ2v) is 8.24. The minimum atomic E-state index is -3.38. The van der Waals surface area contributed by atoms with Gasteiger partial charge >= 0.3 is 0 Å². The van der Waals surface area contributed by atoms with Crippen LogP contribution >= 0.6 is 0 Å². The van der Waals surface area contributed by atoms with Gasteiger partial charge in [0.1, 0.15) is 0 Å². The fourth-order valence-corrected chi connectivity index (χ4v) is 5.68. The zero-order chi connectivity index (χ0) is 15.0. The molecule has 1 fully saturated rings. The summed E-state index contributed by atoms with van der Waals surface area (Å²) in [6.45, 7) is 5.80. The van der Waals surface area contributed by atoms with Crippen molar-refractivity contribution in [1.29, 1.82) is 0 Å². The van der Waals surface area contributed by atoms with Crippen molar-refractivity contribution in [3.05, 3.63) is 23.8 Å². The Labute approximate surface area is 127 Å². The summed E-state index contributed by atoms with van der Waals surface area (Å²) in [5.74, 6) is 0.361. The Bertz CT molecular complexity index is 625. The van der Waals surface area contributed by atoms with E-state index in [1.165, 1.54) is 0 Å². The van der Waals surface area contributed by atoms with Crippen molar-refractivity contribution in [3.8, 4) is 0 Å². The van der Waals surface area contributed by atoms with Gasteiger partial charge in [-0.15, -0.1) is 0 Å². The highest BCUT2D eigenvalue weighted by molar-refractivity contribution is 7.89. The van der Waals surface area contributed by atoms with E-state index in [9.17, 15) is 8.42 Å². The van der Waals surface area contributed by atoms with Crippen LogP contribution < -0.4 is 5.32 Å². The molecule has 2 aliphatic rings. The van der Waals surface area contributed by atoms with Crippen LogP contribution in [-0.2, 0) is 16.4 Å². The molecule has 1 aromatic carbocycles. The lowest BCUT2D eigenvalue weighted by Crippen LogP contribution is -2.39. The van der Waals surface area contributed by atoms with E-state index in [0.717, 1.165) is 43.5 Å². The average Bonchev–Trinajstić information content (AvgIpc) is 2.97. The van der Waals surface area contributed by atoms with Crippen molar-refractivity contribution in [2.24, 2.45) is 5.92 Å². The summed E-state index contributed by atoms with van der Waals surface area (Å²) in [6, 6.07) is 5.75. The van der Waals surface area contributed by atoms with E-state index < -0.39 is 10.0 Å². The molecule has 21 heavy (non-hydrogen) atoms. The number of anilines is 1. The van der Waals surface area contributed by atoms with Gasteiger partial charge in [-0.05, 0) is 49.3 Å². The minimum Gasteiger partial charge on any atom is -0.385 e. The molecule has 5 heteroatoms. The highest BCUT2D eigenvalue weighted by atomic mass is 32.2. The fourth-order valence-electron chi connectivity index (χ4n) is 3.58. The summed E-state index contributed by atoms with van der Waals surface area (Å²) in [5, 5.41) is 3.32. The Morgan fingerprint density at radius 3 is 2.86 bits per heavy atom. The maximum Gasteiger partial charge on any atom is 0.243 e. The van der Waals surface area contributed by atoms with Gasteiger partial charge in [-0.3, -0.25) is 0 Å². The van der Waals surface area contributed by atoms with Crippen LogP contribution in [0.4, 0.5) is 5.69 Å². The van der Waals surface area contributed by atoms with Crippen LogP contribution in [0.3, 0.4) is 0 Å². The largest absolute Gasteiger partial charge is 0.385 e. The molecule has 0 aromatic heterocycles. The Kier molecular flexibility index (Phi) is 3.97. The van der Waals surface area contributed by atoms with Crippen LogP contribution in [0.1, 0.15) is 38.7 Å². The standard InChI is InChI=1S/C16H24N2O2S/c1-12(2)15-8-5-11-18(15)21(19,20)16-9-3-7-14-13(16)6-4-10-17-14/h3,7,9,12,15,17H,4-6,8,10-11H2,1-2H3. The molecule has 0 amide bonds. The van der Waals surface area contributed by atoms with Crippen molar-refractivity contribution in [3.63, 3.8) is 0 Å². The summed E-state index contributed by atoms with van der Waals surface area (Å²) >= 11 is 0. The number of rotatable bonds is 3. The Balaban J connectivity index is 2.03. The quantitative estimate of drug-likeness (QED) is 0.934. The molecule has 1 N–H and O–H groups in total. The molecule has 1 saturated heterocycles. The van der Waals surface area contributed by atoms with Crippen LogP contribution in [0.15, 0.2) is 23.1 Å². The first-order valence-corrected chi connectivity index (χ1v) is 9.33. The Morgan fingerprint density at radius 1 is 1.29 bits per heavy atom. The van der Waals surface area contributed by atoms with Crippen LogP contribution in [0, 0.1) is 5.92 Å². The molecule has 0 bridgehead atoms. The predicted molar refractivity (Wildman–Crippen MR) is 85.0 cm³/mol. The van der Waals surface area contributed by atoms with Gasteiger partial charge in [0.05, 0.1) is 4.90 Å². The van der Waals surface area contributed by atoms with Gasteiger partial charge in [0.15, 0.2) is 0 Å². The van der Waals surface area contributed by atoms with E-state index in [2.05, 4.69) is 19.2 Å². The first-order valence-electron chi connectivity index (χ1n) is 7.89. The third-order valence-corrected chi connectivity index (χ3v) is 6.67. The molecule has 116 valence electrons. The van der Waals surface area contributed by atoms with Gasteiger partial charge in [-0.2, -0.15) is 4.31 Å². The van der Waals surface area contributed by atoms with Crippen molar-refractivity contribution in [1.82, 2.24) is 4.31 Å². The number of nitrogens with one attached hydrogen (secondary N) is 1. The summed E-state index contributed by atoms with van der Waals surface area (Å²) in [7, 11) is -3.38. The van der Waals surface area contributed by atoms with Gasteiger partial charge in [-0.25, -0.2) is 8.42 Å². The second-order valence-electron chi connectivity index (χ2n) is 6.38. The molecule has 4 nitrogen and oxygen atoms in total. The summed E-state index contributed by atoms with van der Waals surface area (Å²) in [4.78, 5) is 0.514. The lowest BCUT2D eigenvalue weighted by atomic mass is 10.0. The highest BCUT2D eigenvalue weighted by Crippen LogP contribution is 2.34. The normalized spacial score (nSPS) is 23.1. The first-order chi connectivity index (χ1) is 10.0. The summed E-state index contributed by atoms with van der Waals surface area (Å²) in [5.41, 5.74) is 1.96. The molecule has 0 saturated carbocycles. The van der Waals surface area contributed by atoms with Crippen LogP contribution in [0.2, 0.25) is 0 Å². The van der Waals surface area contributed by atoms with E-state index in [1.807, 2.05) is 12.1 Å². The van der Waals surface area contributed by atoms with E-state index >= 15 is 0 Å². The minimum absolute atomic E-state index is 0.141.